The molecule has 10 heteroatoms. The van der Waals surface area contributed by atoms with Gasteiger partial charge in [0.15, 0.2) is 12.4 Å². The lowest BCUT2D eigenvalue weighted by atomic mass is 10.2. The second-order valence-electron chi connectivity index (χ2n) is 5.68. The van der Waals surface area contributed by atoms with Gasteiger partial charge in [-0.05, 0) is 37.6 Å². The standard InChI is InChI=1S/C18H15ClFN3O4S/c1-3-26-18(25)14-8(2)13-15(21)22-12(23-16(13)28-14)7-27-17(24)10-5-4-9(19)6-11(10)20/h4-6H,3,7H2,1-2H3,(H2,21,22,23). The van der Waals surface area contributed by atoms with Crippen molar-refractivity contribution in [2.75, 3.05) is 12.3 Å². The summed E-state index contributed by atoms with van der Waals surface area (Å²) in [5.74, 6) is -1.86. The number of anilines is 1. The number of nitrogens with two attached hydrogens (primary N) is 1. The number of carbonyl (C=O) groups is 2. The fourth-order valence-corrected chi connectivity index (χ4v) is 3.79. The van der Waals surface area contributed by atoms with Gasteiger partial charge in [0.25, 0.3) is 0 Å². The summed E-state index contributed by atoms with van der Waals surface area (Å²) in [6.07, 6.45) is 0. The Balaban J connectivity index is 1.84. The average molecular weight is 424 g/mol. The smallest absolute Gasteiger partial charge is 0.348 e. The maximum absolute atomic E-state index is 13.8. The summed E-state index contributed by atoms with van der Waals surface area (Å²) in [5, 5.41) is 0.716. The van der Waals surface area contributed by atoms with Crippen LogP contribution in [0.4, 0.5) is 10.2 Å². The van der Waals surface area contributed by atoms with Gasteiger partial charge in [0, 0.05) is 5.02 Å². The summed E-state index contributed by atoms with van der Waals surface area (Å²) in [5.41, 5.74) is 6.36. The maximum Gasteiger partial charge on any atom is 0.348 e. The van der Waals surface area contributed by atoms with E-state index in [1.807, 2.05) is 0 Å². The Kier molecular flexibility index (Phi) is 5.76. The number of nitrogen functional groups attached to an aromatic ring is 1. The lowest BCUT2D eigenvalue weighted by molar-refractivity contribution is 0.0456. The van der Waals surface area contributed by atoms with Gasteiger partial charge in [-0.3, -0.25) is 0 Å². The SMILES string of the molecule is CCOC(=O)c1sc2nc(COC(=O)c3ccc(Cl)cc3F)nc(N)c2c1C. The van der Waals surface area contributed by atoms with Crippen molar-refractivity contribution in [2.45, 2.75) is 20.5 Å². The van der Waals surface area contributed by atoms with Gasteiger partial charge in [-0.15, -0.1) is 11.3 Å². The number of aromatic nitrogens is 2. The van der Waals surface area contributed by atoms with Crippen molar-refractivity contribution in [3.8, 4) is 0 Å². The Morgan fingerprint density at radius 3 is 2.68 bits per heavy atom. The zero-order valence-electron chi connectivity index (χ0n) is 14.9. The molecule has 0 saturated carbocycles. The van der Waals surface area contributed by atoms with Crippen LogP contribution in [-0.2, 0) is 16.1 Å². The molecule has 0 aliphatic carbocycles. The summed E-state index contributed by atoms with van der Waals surface area (Å²) < 4.78 is 23.9. The van der Waals surface area contributed by atoms with Crippen molar-refractivity contribution in [2.24, 2.45) is 0 Å². The van der Waals surface area contributed by atoms with Crippen LogP contribution >= 0.6 is 22.9 Å². The largest absolute Gasteiger partial charge is 0.462 e. The van der Waals surface area contributed by atoms with E-state index in [1.54, 1.807) is 13.8 Å². The fourth-order valence-electron chi connectivity index (χ4n) is 2.53. The van der Waals surface area contributed by atoms with Crippen LogP contribution in [0.5, 0.6) is 0 Å². The highest BCUT2D eigenvalue weighted by Crippen LogP contribution is 2.33. The number of benzene rings is 1. The number of halogens is 2. The molecule has 3 aromatic rings. The van der Waals surface area contributed by atoms with Crippen molar-refractivity contribution in [3.63, 3.8) is 0 Å². The van der Waals surface area contributed by atoms with Gasteiger partial charge >= 0.3 is 11.9 Å². The van der Waals surface area contributed by atoms with E-state index in [0.29, 0.717) is 20.7 Å². The minimum absolute atomic E-state index is 0.129. The van der Waals surface area contributed by atoms with E-state index >= 15 is 0 Å². The molecule has 0 amide bonds. The molecule has 2 aromatic heterocycles. The first-order valence-electron chi connectivity index (χ1n) is 8.16. The van der Waals surface area contributed by atoms with Crippen LogP contribution in [0.2, 0.25) is 5.02 Å². The average Bonchev–Trinajstić information content (AvgIpc) is 2.97. The number of aryl methyl sites for hydroxylation is 1. The minimum atomic E-state index is -0.883. The van der Waals surface area contributed by atoms with Crippen molar-refractivity contribution < 1.29 is 23.5 Å². The van der Waals surface area contributed by atoms with Crippen LogP contribution in [0, 0.1) is 12.7 Å². The molecule has 7 nitrogen and oxygen atoms in total. The second kappa shape index (κ2) is 8.07. The van der Waals surface area contributed by atoms with Crippen molar-refractivity contribution >= 4 is 50.9 Å². The van der Waals surface area contributed by atoms with E-state index in [9.17, 15) is 14.0 Å². The van der Waals surface area contributed by atoms with E-state index in [2.05, 4.69) is 9.97 Å². The zero-order valence-corrected chi connectivity index (χ0v) is 16.5. The lowest BCUT2D eigenvalue weighted by Gasteiger charge is -2.06. The van der Waals surface area contributed by atoms with Gasteiger partial charge in [0.2, 0.25) is 0 Å². The third kappa shape index (κ3) is 3.90. The first-order chi connectivity index (χ1) is 13.3. The first kappa shape index (κ1) is 20.0. The number of rotatable bonds is 5. The maximum atomic E-state index is 13.8. The molecule has 0 spiro atoms. The molecule has 0 saturated heterocycles. The van der Waals surface area contributed by atoms with Gasteiger partial charge in [0.05, 0.1) is 17.6 Å². The molecule has 0 fully saturated rings. The predicted molar refractivity (Wildman–Crippen MR) is 103 cm³/mol. The van der Waals surface area contributed by atoms with Crippen molar-refractivity contribution in [1.29, 1.82) is 0 Å². The molecule has 0 bridgehead atoms. The summed E-state index contributed by atoms with van der Waals surface area (Å²) >= 11 is 6.78. The zero-order chi connectivity index (χ0) is 20.4. The Hall–Kier alpha value is -2.78. The van der Waals surface area contributed by atoms with Crippen LogP contribution in [0.1, 0.15) is 38.3 Å². The van der Waals surface area contributed by atoms with Gasteiger partial charge in [-0.2, -0.15) is 0 Å². The minimum Gasteiger partial charge on any atom is -0.462 e. The Morgan fingerprint density at radius 2 is 2.00 bits per heavy atom. The summed E-state index contributed by atoms with van der Waals surface area (Å²) in [6.45, 7) is 3.38. The highest BCUT2D eigenvalue weighted by atomic mass is 35.5. The number of thiophene rings is 1. The molecule has 28 heavy (non-hydrogen) atoms. The van der Waals surface area contributed by atoms with Gasteiger partial charge in [-0.25, -0.2) is 23.9 Å². The molecule has 2 N–H and O–H groups in total. The second-order valence-corrected chi connectivity index (χ2v) is 7.12. The molecular weight excluding hydrogens is 409 g/mol. The highest BCUT2D eigenvalue weighted by molar-refractivity contribution is 7.20. The quantitative estimate of drug-likeness (QED) is 0.620. The van der Waals surface area contributed by atoms with Crippen LogP contribution in [-0.4, -0.2) is 28.5 Å². The predicted octanol–water partition coefficient (Wildman–Crippen LogP) is 3.91. The lowest BCUT2D eigenvalue weighted by Crippen LogP contribution is -2.10. The molecule has 0 aliphatic heterocycles. The number of esters is 2. The third-order valence-corrected chi connectivity index (χ3v) is 5.21. The van der Waals surface area contributed by atoms with Crippen molar-refractivity contribution in [1.82, 2.24) is 9.97 Å². The summed E-state index contributed by atoms with van der Waals surface area (Å²) in [6, 6.07) is 3.63. The van der Waals surface area contributed by atoms with Gasteiger partial charge in [-0.1, -0.05) is 11.6 Å². The molecule has 2 heterocycles. The number of hydrogen-bond donors (Lipinski definition) is 1. The van der Waals surface area contributed by atoms with E-state index in [0.717, 1.165) is 17.4 Å². The van der Waals surface area contributed by atoms with Gasteiger partial charge < -0.3 is 15.2 Å². The number of fused-ring (bicyclic) bond motifs is 1. The Bertz CT molecular complexity index is 1090. The monoisotopic (exact) mass is 423 g/mol. The van der Waals surface area contributed by atoms with E-state index in [-0.39, 0.29) is 35.4 Å². The normalized spacial score (nSPS) is 10.9. The highest BCUT2D eigenvalue weighted by Gasteiger charge is 2.21. The molecule has 146 valence electrons. The van der Waals surface area contributed by atoms with Crippen molar-refractivity contribution in [3.05, 3.63) is 50.9 Å². The summed E-state index contributed by atoms with van der Waals surface area (Å²) in [7, 11) is 0. The molecule has 3 rings (SSSR count). The third-order valence-electron chi connectivity index (χ3n) is 3.81. The first-order valence-corrected chi connectivity index (χ1v) is 9.36. The van der Waals surface area contributed by atoms with Gasteiger partial charge in [0.1, 0.15) is 21.3 Å². The van der Waals surface area contributed by atoms with Crippen LogP contribution in [0.15, 0.2) is 18.2 Å². The number of ether oxygens (including phenoxy) is 2. The molecule has 0 unspecified atom stereocenters. The van der Waals surface area contributed by atoms with E-state index in [1.165, 1.54) is 12.1 Å². The number of hydrogen-bond acceptors (Lipinski definition) is 8. The molecule has 0 radical (unpaired) electrons. The Labute approximate surface area is 168 Å². The van der Waals surface area contributed by atoms with Crippen LogP contribution in [0.25, 0.3) is 10.2 Å². The molecule has 0 atom stereocenters. The van der Waals surface area contributed by atoms with Crippen LogP contribution in [0.3, 0.4) is 0 Å². The summed E-state index contributed by atoms with van der Waals surface area (Å²) in [4.78, 5) is 33.4. The molecular formula is C18H15ClFN3O4S. The fraction of sp³-hybridized carbons (Fsp3) is 0.222. The molecule has 0 aliphatic rings. The topological polar surface area (TPSA) is 104 Å². The van der Waals surface area contributed by atoms with E-state index in [4.69, 9.17) is 26.8 Å². The number of carbonyl (C=O) groups excluding carboxylic acids is 2. The van der Waals surface area contributed by atoms with E-state index < -0.39 is 17.8 Å². The molecule has 1 aromatic carbocycles. The Morgan fingerprint density at radius 1 is 1.25 bits per heavy atom. The van der Waals surface area contributed by atoms with Crippen LogP contribution < -0.4 is 5.73 Å². The number of nitrogens with zero attached hydrogens (tertiary/aromatic N) is 2.